The minimum absolute atomic E-state index is 0.0479. The topological polar surface area (TPSA) is 86.8 Å². The molecule has 0 aromatic heterocycles. The van der Waals surface area contributed by atoms with Gasteiger partial charge in [0.2, 0.25) is 11.8 Å². The standard InChI is InChI=1S/C27H29BrFN3O4S/c1-4-30-27(34)20(3)31(17-21-8-7-9-22(28)16-21)26(33)18-32(25-11-6-5-10-24(25)29)37(35,36)23-14-12-19(2)13-15-23/h5-16,20H,4,17-18H2,1-3H3,(H,30,34)/t20-/m0/s1. The van der Waals surface area contributed by atoms with Gasteiger partial charge in [-0.15, -0.1) is 0 Å². The lowest BCUT2D eigenvalue weighted by molar-refractivity contribution is -0.139. The van der Waals surface area contributed by atoms with Crippen molar-refractivity contribution in [3.63, 3.8) is 0 Å². The first-order valence-electron chi connectivity index (χ1n) is 11.7. The van der Waals surface area contributed by atoms with Gasteiger partial charge < -0.3 is 10.2 Å². The van der Waals surface area contributed by atoms with Crippen LogP contribution in [0.3, 0.4) is 0 Å². The van der Waals surface area contributed by atoms with Crippen LogP contribution in [0.2, 0.25) is 0 Å². The van der Waals surface area contributed by atoms with Crippen molar-refractivity contribution in [1.29, 1.82) is 0 Å². The van der Waals surface area contributed by atoms with Crippen LogP contribution in [0.4, 0.5) is 10.1 Å². The number of sulfonamides is 1. The highest BCUT2D eigenvalue weighted by Gasteiger charge is 2.33. The number of rotatable bonds is 10. The number of anilines is 1. The molecule has 0 radical (unpaired) electrons. The highest BCUT2D eigenvalue weighted by molar-refractivity contribution is 9.10. The first kappa shape index (κ1) is 28.3. The van der Waals surface area contributed by atoms with Crippen molar-refractivity contribution in [2.75, 3.05) is 17.4 Å². The second-order valence-corrected chi connectivity index (χ2v) is 11.3. The Morgan fingerprint density at radius 2 is 1.70 bits per heavy atom. The summed E-state index contributed by atoms with van der Waals surface area (Å²) in [6, 6.07) is 17.8. The summed E-state index contributed by atoms with van der Waals surface area (Å²) < 4.78 is 43.8. The smallest absolute Gasteiger partial charge is 0.264 e. The van der Waals surface area contributed by atoms with Crippen molar-refractivity contribution in [2.24, 2.45) is 0 Å². The van der Waals surface area contributed by atoms with E-state index >= 15 is 0 Å². The zero-order valence-electron chi connectivity index (χ0n) is 20.8. The van der Waals surface area contributed by atoms with Gasteiger partial charge in [-0.05, 0) is 62.7 Å². The summed E-state index contributed by atoms with van der Waals surface area (Å²) in [4.78, 5) is 27.6. The van der Waals surface area contributed by atoms with E-state index in [1.54, 1.807) is 38.1 Å². The Hall–Kier alpha value is -3.24. The minimum atomic E-state index is -4.32. The van der Waals surface area contributed by atoms with Crippen molar-refractivity contribution in [3.8, 4) is 0 Å². The van der Waals surface area contributed by atoms with Crippen LogP contribution in [0.15, 0.2) is 82.2 Å². The number of nitrogens with one attached hydrogen (secondary N) is 1. The summed E-state index contributed by atoms with van der Waals surface area (Å²) in [5, 5.41) is 2.70. The molecular weight excluding hydrogens is 561 g/mol. The molecule has 3 rings (SSSR count). The Kier molecular flexibility index (Phi) is 9.45. The highest BCUT2D eigenvalue weighted by Crippen LogP contribution is 2.27. The average Bonchev–Trinajstić information content (AvgIpc) is 2.86. The van der Waals surface area contributed by atoms with Gasteiger partial charge in [-0.2, -0.15) is 0 Å². The first-order valence-corrected chi connectivity index (χ1v) is 13.9. The number of amides is 2. The fraction of sp³-hybridized carbons (Fsp3) is 0.259. The maximum atomic E-state index is 14.9. The summed E-state index contributed by atoms with van der Waals surface area (Å²) in [5.74, 6) is -1.83. The predicted octanol–water partition coefficient (Wildman–Crippen LogP) is 4.65. The molecule has 3 aromatic rings. The Morgan fingerprint density at radius 1 is 1.03 bits per heavy atom. The van der Waals surface area contributed by atoms with E-state index in [1.165, 1.54) is 35.2 Å². The van der Waals surface area contributed by atoms with Crippen molar-refractivity contribution in [2.45, 2.75) is 38.3 Å². The molecule has 0 fully saturated rings. The van der Waals surface area contributed by atoms with Crippen LogP contribution in [0.25, 0.3) is 0 Å². The molecular formula is C27H29BrFN3O4S. The number of hydrogen-bond donors (Lipinski definition) is 1. The number of para-hydroxylation sites is 1. The van der Waals surface area contributed by atoms with E-state index in [-0.39, 0.29) is 23.0 Å². The summed E-state index contributed by atoms with van der Waals surface area (Å²) in [6.07, 6.45) is 0. The van der Waals surface area contributed by atoms with Crippen LogP contribution < -0.4 is 9.62 Å². The molecule has 0 saturated carbocycles. The molecule has 1 N–H and O–H groups in total. The molecule has 0 spiro atoms. The molecule has 10 heteroatoms. The second kappa shape index (κ2) is 12.3. The lowest BCUT2D eigenvalue weighted by atomic mass is 10.1. The molecule has 196 valence electrons. The molecule has 1 atom stereocenters. The normalized spacial score (nSPS) is 12.0. The van der Waals surface area contributed by atoms with E-state index in [2.05, 4.69) is 21.2 Å². The molecule has 37 heavy (non-hydrogen) atoms. The van der Waals surface area contributed by atoms with Crippen LogP contribution >= 0.6 is 15.9 Å². The maximum absolute atomic E-state index is 14.9. The Balaban J connectivity index is 2.04. The lowest BCUT2D eigenvalue weighted by Gasteiger charge is -2.32. The van der Waals surface area contributed by atoms with E-state index < -0.39 is 34.3 Å². The zero-order valence-corrected chi connectivity index (χ0v) is 23.2. The minimum Gasteiger partial charge on any atom is -0.355 e. The molecule has 0 aliphatic carbocycles. The number of likely N-dealkylation sites (N-methyl/N-ethyl adjacent to an activating group) is 1. The molecule has 0 unspecified atom stereocenters. The van der Waals surface area contributed by atoms with Crippen molar-refractivity contribution in [3.05, 3.63) is 94.2 Å². The van der Waals surface area contributed by atoms with Crippen LogP contribution in [0.1, 0.15) is 25.0 Å². The summed E-state index contributed by atoms with van der Waals surface area (Å²) >= 11 is 3.40. The number of nitrogens with zero attached hydrogens (tertiary/aromatic N) is 2. The SMILES string of the molecule is CCNC(=O)[C@H](C)N(Cc1cccc(Br)c1)C(=O)CN(c1ccccc1F)S(=O)(=O)c1ccc(C)cc1. The third kappa shape index (κ3) is 6.95. The molecule has 7 nitrogen and oxygen atoms in total. The number of carbonyl (C=O) groups is 2. The predicted molar refractivity (Wildman–Crippen MR) is 145 cm³/mol. The van der Waals surface area contributed by atoms with Crippen LogP contribution in [0.5, 0.6) is 0 Å². The number of carbonyl (C=O) groups excluding carboxylic acids is 2. The van der Waals surface area contributed by atoms with Gasteiger partial charge >= 0.3 is 0 Å². The maximum Gasteiger partial charge on any atom is 0.264 e. The number of benzene rings is 3. The van der Waals surface area contributed by atoms with Gasteiger partial charge in [0.25, 0.3) is 10.0 Å². The van der Waals surface area contributed by atoms with Crippen molar-refractivity contribution in [1.82, 2.24) is 10.2 Å². The van der Waals surface area contributed by atoms with Gasteiger partial charge in [0.1, 0.15) is 18.4 Å². The van der Waals surface area contributed by atoms with Gasteiger partial charge in [0.05, 0.1) is 10.6 Å². The molecule has 0 bridgehead atoms. The lowest BCUT2D eigenvalue weighted by Crippen LogP contribution is -2.51. The fourth-order valence-corrected chi connectivity index (χ4v) is 5.61. The second-order valence-electron chi connectivity index (χ2n) is 8.50. The van der Waals surface area contributed by atoms with E-state index in [9.17, 15) is 22.4 Å². The fourth-order valence-electron chi connectivity index (χ4n) is 3.74. The molecule has 0 heterocycles. The quantitative estimate of drug-likeness (QED) is 0.373. The van der Waals surface area contributed by atoms with E-state index in [0.717, 1.165) is 26.0 Å². The van der Waals surface area contributed by atoms with Crippen molar-refractivity contribution < 1.29 is 22.4 Å². The third-order valence-electron chi connectivity index (χ3n) is 5.77. The summed E-state index contributed by atoms with van der Waals surface area (Å²) in [5.41, 5.74) is 1.32. The molecule has 2 amide bonds. The first-order chi connectivity index (χ1) is 17.5. The highest BCUT2D eigenvalue weighted by atomic mass is 79.9. The summed E-state index contributed by atoms with van der Waals surface area (Å²) in [7, 11) is -4.32. The van der Waals surface area contributed by atoms with Gasteiger partial charge in [-0.1, -0.05) is 57.9 Å². The molecule has 0 saturated heterocycles. The Bertz CT molecular complexity index is 1370. The largest absolute Gasteiger partial charge is 0.355 e. The molecule has 3 aromatic carbocycles. The van der Waals surface area contributed by atoms with Crippen LogP contribution in [-0.2, 0) is 26.2 Å². The molecule has 0 aliphatic rings. The van der Waals surface area contributed by atoms with Crippen molar-refractivity contribution >= 4 is 43.5 Å². The zero-order chi connectivity index (χ0) is 27.2. The number of hydrogen-bond acceptors (Lipinski definition) is 4. The van der Waals surface area contributed by atoms with E-state index in [4.69, 9.17) is 0 Å². The Morgan fingerprint density at radius 3 is 2.32 bits per heavy atom. The van der Waals surface area contributed by atoms with E-state index in [0.29, 0.717) is 6.54 Å². The van der Waals surface area contributed by atoms with Gasteiger partial charge in [-0.3, -0.25) is 13.9 Å². The molecule has 0 aliphatic heterocycles. The number of aryl methyl sites for hydroxylation is 1. The summed E-state index contributed by atoms with van der Waals surface area (Å²) in [6.45, 7) is 4.87. The van der Waals surface area contributed by atoms with Crippen LogP contribution in [0, 0.1) is 12.7 Å². The Labute approximate surface area is 225 Å². The van der Waals surface area contributed by atoms with E-state index in [1.807, 2.05) is 19.1 Å². The number of halogens is 2. The monoisotopic (exact) mass is 589 g/mol. The van der Waals surface area contributed by atoms with Gasteiger partial charge in [0, 0.05) is 17.6 Å². The van der Waals surface area contributed by atoms with Gasteiger partial charge in [-0.25, -0.2) is 12.8 Å². The van der Waals surface area contributed by atoms with Crippen LogP contribution in [-0.4, -0.2) is 44.3 Å². The average molecular weight is 591 g/mol. The van der Waals surface area contributed by atoms with Gasteiger partial charge in [0.15, 0.2) is 0 Å². The third-order valence-corrected chi connectivity index (χ3v) is 8.04.